The molecule has 0 spiro atoms. The molecule has 5 heteroatoms. The van der Waals surface area contributed by atoms with Crippen molar-refractivity contribution in [1.82, 2.24) is 10.3 Å². The van der Waals surface area contributed by atoms with Crippen LogP contribution in [0, 0.1) is 13.8 Å². The van der Waals surface area contributed by atoms with Crippen LogP contribution < -0.4 is 10.6 Å². The molecular formula is C16H21N3OS. The first-order chi connectivity index (χ1) is 9.88. The van der Waals surface area contributed by atoms with Gasteiger partial charge in [-0.05, 0) is 39.8 Å². The lowest BCUT2D eigenvalue weighted by atomic mass is 10.1. The molecule has 0 aliphatic carbocycles. The van der Waals surface area contributed by atoms with Crippen LogP contribution in [0.25, 0.3) is 0 Å². The zero-order chi connectivity index (χ0) is 15.5. The number of anilines is 1. The summed E-state index contributed by atoms with van der Waals surface area (Å²) < 4.78 is 0. The van der Waals surface area contributed by atoms with Crippen LogP contribution in [0.5, 0.6) is 0 Å². The topological polar surface area (TPSA) is 54.0 Å². The monoisotopic (exact) mass is 303 g/mol. The first-order valence-corrected chi connectivity index (χ1v) is 7.74. The minimum Gasteiger partial charge on any atom is -0.325 e. The van der Waals surface area contributed by atoms with Crippen LogP contribution in [-0.2, 0) is 10.3 Å². The van der Waals surface area contributed by atoms with E-state index in [4.69, 9.17) is 0 Å². The summed E-state index contributed by atoms with van der Waals surface area (Å²) in [6, 6.07) is 9.46. The summed E-state index contributed by atoms with van der Waals surface area (Å²) in [7, 11) is 0. The van der Waals surface area contributed by atoms with Crippen molar-refractivity contribution in [1.29, 1.82) is 0 Å². The van der Waals surface area contributed by atoms with Gasteiger partial charge in [0.05, 0.1) is 17.8 Å². The third kappa shape index (κ3) is 4.12. The number of rotatable bonds is 5. The number of amides is 1. The molecule has 0 fully saturated rings. The molecule has 21 heavy (non-hydrogen) atoms. The molecule has 1 heterocycles. The summed E-state index contributed by atoms with van der Waals surface area (Å²) in [5.74, 6) is -0.0562. The number of aromatic nitrogens is 1. The van der Waals surface area contributed by atoms with E-state index in [-0.39, 0.29) is 18.0 Å². The van der Waals surface area contributed by atoms with Gasteiger partial charge in [-0.25, -0.2) is 4.98 Å². The fourth-order valence-electron chi connectivity index (χ4n) is 1.84. The summed E-state index contributed by atoms with van der Waals surface area (Å²) in [4.78, 5) is 17.8. The van der Waals surface area contributed by atoms with Gasteiger partial charge in [0.25, 0.3) is 0 Å². The summed E-state index contributed by atoms with van der Waals surface area (Å²) in [6.45, 7) is 8.41. The molecular weight excluding hydrogens is 282 g/mol. The summed E-state index contributed by atoms with van der Waals surface area (Å²) in [5, 5.41) is 7.14. The Morgan fingerprint density at radius 2 is 1.90 bits per heavy atom. The maximum Gasteiger partial charge on any atom is 0.238 e. The van der Waals surface area contributed by atoms with Crippen molar-refractivity contribution >= 4 is 22.9 Å². The Morgan fingerprint density at radius 1 is 1.24 bits per heavy atom. The SMILES string of the molecule is Cc1nc(C(C)(C)NCC(=O)Nc2ccccc2)sc1C. The number of para-hydroxylation sites is 1. The van der Waals surface area contributed by atoms with Crippen LogP contribution in [0.15, 0.2) is 30.3 Å². The molecule has 1 aromatic heterocycles. The second kappa shape index (κ2) is 6.37. The van der Waals surface area contributed by atoms with Crippen molar-refractivity contribution in [3.63, 3.8) is 0 Å². The zero-order valence-electron chi connectivity index (χ0n) is 12.9. The number of carbonyl (C=O) groups excluding carboxylic acids is 1. The summed E-state index contributed by atoms with van der Waals surface area (Å²) >= 11 is 1.67. The van der Waals surface area contributed by atoms with Gasteiger partial charge in [-0.15, -0.1) is 11.3 Å². The van der Waals surface area contributed by atoms with Gasteiger partial charge in [0.1, 0.15) is 5.01 Å². The van der Waals surface area contributed by atoms with Crippen LogP contribution >= 0.6 is 11.3 Å². The summed E-state index contributed by atoms with van der Waals surface area (Å²) in [6.07, 6.45) is 0. The van der Waals surface area contributed by atoms with Gasteiger partial charge in [0.15, 0.2) is 0 Å². The van der Waals surface area contributed by atoms with E-state index in [0.29, 0.717) is 0 Å². The molecule has 1 amide bonds. The number of hydrogen-bond donors (Lipinski definition) is 2. The Balaban J connectivity index is 1.93. The fraction of sp³-hybridized carbons (Fsp3) is 0.375. The molecule has 2 rings (SSSR count). The van der Waals surface area contributed by atoms with Crippen molar-refractivity contribution < 1.29 is 4.79 Å². The van der Waals surface area contributed by atoms with Crippen molar-refractivity contribution in [3.8, 4) is 0 Å². The molecule has 1 aromatic carbocycles. The van der Waals surface area contributed by atoms with E-state index in [1.165, 1.54) is 4.88 Å². The van der Waals surface area contributed by atoms with E-state index in [1.54, 1.807) is 11.3 Å². The van der Waals surface area contributed by atoms with Crippen molar-refractivity contribution in [2.75, 3.05) is 11.9 Å². The third-order valence-electron chi connectivity index (χ3n) is 3.31. The molecule has 2 N–H and O–H groups in total. The highest BCUT2D eigenvalue weighted by atomic mass is 32.1. The maximum atomic E-state index is 12.0. The molecule has 0 bridgehead atoms. The Kier molecular flexibility index (Phi) is 4.75. The van der Waals surface area contributed by atoms with Gasteiger partial charge in [0, 0.05) is 10.6 Å². The Hall–Kier alpha value is -1.72. The van der Waals surface area contributed by atoms with Gasteiger partial charge in [-0.3, -0.25) is 10.1 Å². The van der Waals surface area contributed by atoms with Crippen molar-refractivity contribution in [2.45, 2.75) is 33.2 Å². The van der Waals surface area contributed by atoms with E-state index in [9.17, 15) is 4.79 Å². The molecule has 0 unspecified atom stereocenters. The van der Waals surface area contributed by atoms with Gasteiger partial charge < -0.3 is 5.32 Å². The first-order valence-electron chi connectivity index (χ1n) is 6.93. The molecule has 0 aliphatic heterocycles. The van der Waals surface area contributed by atoms with Gasteiger partial charge in [0.2, 0.25) is 5.91 Å². The summed E-state index contributed by atoms with van der Waals surface area (Å²) in [5.41, 5.74) is 1.54. The lowest BCUT2D eigenvalue weighted by Crippen LogP contribution is -2.41. The number of thiazole rings is 1. The lowest BCUT2D eigenvalue weighted by Gasteiger charge is -2.23. The Morgan fingerprint density at radius 3 is 2.48 bits per heavy atom. The largest absolute Gasteiger partial charge is 0.325 e. The standard InChI is InChI=1S/C16H21N3OS/c1-11-12(2)21-15(18-11)16(3,4)17-10-14(20)19-13-8-6-5-7-9-13/h5-9,17H,10H2,1-4H3,(H,19,20). The Bertz CT molecular complexity index is 600. The smallest absolute Gasteiger partial charge is 0.238 e. The first kappa shape index (κ1) is 15.7. The van der Waals surface area contributed by atoms with Crippen LogP contribution in [0.2, 0.25) is 0 Å². The average Bonchev–Trinajstić information content (AvgIpc) is 2.79. The van der Waals surface area contributed by atoms with E-state index in [2.05, 4.69) is 22.5 Å². The molecule has 0 saturated carbocycles. The van der Waals surface area contributed by atoms with Crippen LogP contribution in [0.1, 0.15) is 29.4 Å². The molecule has 0 aliphatic rings. The van der Waals surface area contributed by atoms with Crippen molar-refractivity contribution in [2.24, 2.45) is 0 Å². The molecule has 0 saturated heterocycles. The third-order valence-corrected chi connectivity index (χ3v) is 4.71. The molecule has 4 nitrogen and oxygen atoms in total. The van der Waals surface area contributed by atoms with Gasteiger partial charge in [-0.1, -0.05) is 18.2 Å². The van der Waals surface area contributed by atoms with E-state index >= 15 is 0 Å². The van der Waals surface area contributed by atoms with Crippen LogP contribution in [0.3, 0.4) is 0 Å². The zero-order valence-corrected chi connectivity index (χ0v) is 13.7. The van der Waals surface area contributed by atoms with E-state index in [0.717, 1.165) is 16.4 Å². The second-order valence-electron chi connectivity index (χ2n) is 5.55. The van der Waals surface area contributed by atoms with E-state index < -0.39 is 0 Å². The number of benzene rings is 1. The lowest BCUT2D eigenvalue weighted by molar-refractivity contribution is -0.115. The number of nitrogens with zero attached hydrogens (tertiary/aromatic N) is 1. The molecule has 2 aromatic rings. The average molecular weight is 303 g/mol. The molecule has 0 atom stereocenters. The minimum absolute atomic E-state index is 0.0562. The predicted octanol–water partition coefficient (Wildman–Crippen LogP) is 3.22. The molecule has 112 valence electrons. The maximum absolute atomic E-state index is 12.0. The van der Waals surface area contributed by atoms with Gasteiger partial charge in [-0.2, -0.15) is 0 Å². The fourth-order valence-corrected chi connectivity index (χ4v) is 2.84. The number of aryl methyl sites for hydroxylation is 2. The predicted molar refractivity (Wildman–Crippen MR) is 87.7 cm³/mol. The highest BCUT2D eigenvalue weighted by Gasteiger charge is 2.25. The quantitative estimate of drug-likeness (QED) is 0.891. The van der Waals surface area contributed by atoms with Crippen LogP contribution in [0.4, 0.5) is 5.69 Å². The number of hydrogen-bond acceptors (Lipinski definition) is 4. The van der Waals surface area contributed by atoms with E-state index in [1.807, 2.05) is 51.1 Å². The Labute approximate surface area is 129 Å². The highest BCUT2D eigenvalue weighted by molar-refractivity contribution is 7.11. The van der Waals surface area contributed by atoms with Crippen LogP contribution in [-0.4, -0.2) is 17.4 Å². The molecule has 0 radical (unpaired) electrons. The van der Waals surface area contributed by atoms with Crippen molar-refractivity contribution in [3.05, 3.63) is 45.9 Å². The highest BCUT2D eigenvalue weighted by Crippen LogP contribution is 2.26. The number of carbonyl (C=O) groups is 1. The minimum atomic E-state index is -0.322. The number of nitrogens with one attached hydrogen (secondary N) is 2. The second-order valence-corrected chi connectivity index (χ2v) is 6.76. The normalized spacial score (nSPS) is 11.4. The van der Waals surface area contributed by atoms with Gasteiger partial charge >= 0.3 is 0 Å².